The van der Waals surface area contributed by atoms with Crippen molar-refractivity contribution >= 4 is 23.2 Å². The van der Waals surface area contributed by atoms with Crippen molar-refractivity contribution in [1.29, 1.82) is 0 Å². The predicted octanol–water partition coefficient (Wildman–Crippen LogP) is 5.63. The van der Waals surface area contributed by atoms with Crippen molar-refractivity contribution in [1.82, 2.24) is 0 Å². The van der Waals surface area contributed by atoms with Gasteiger partial charge in [0, 0.05) is 29.6 Å². The molecule has 0 aliphatic carbocycles. The monoisotopic (exact) mass is 357 g/mol. The molecule has 1 fully saturated rings. The van der Waals surface area contributed by atoms with Gasteiger partial charge in [0.25, 0.3) is 0 Å². The average molecular weight is 357 g/mol. The van der Waals surface area contributed by atoms with Gasteiger partial charge >= 0.3 is 0 Å². The van der Waals surface area contributed by atoms with Gasteiger partial charge in [0.05, 0.1) is 5.03 Å². The van der Waals surface area contributed by atoms with Crippen LogP contribution in [-0.2, 0) is 0 Å². The van der Waals surface area contributed by atoms with Crippen molar-refractivity contribution in [3.63, 3.8) is 0 Å². The summed E-state index contributed by atoms with van der Waals surface area (Å²) in [6, 6.07) is 28.3. The zero-order chi connectivity index (χ0) is 17.8. The van der Waals surface area contributed by atoms with E-state index in [0.717, 1.165) is 39.7 Å². The van der Waals surface area contributed by atoms with Gasteiger partial charge in [-0.15, -0.1) is 11.8 Å². The first-order valence-electron chi connectivity index (χ1n) is 8.68. The van der Waals surface area contributed by atoms with Crippen LogP contribution in [-0.4, -0.2) is 18.1 Å². The lowest BCUT2D eigenvalue weighted by Crippen LogP contribution is -2.17. The highest BCUT2D eigenvalue weighted by Crippen LogP contribution is 2.33. The summed E-state index contributed by atoms with van der Waals surface area (Å²) in [5.74, 6) is 1.05. The number of ketones is 1. The molecule has 128 valence electrons. The van der Waals surface area contributed by atoms with E-state index in [2.05, 4.69) is 29.2 Å². The van der Waals surface area contributed by atoms with Crippen molar-refractivity contribution in [3.8, 4) is 11.1 Å². The Morgan fingerprint density at radius 3 is 2.12 bits per heavy atom. The molecule has 4 rings (SSSR count). The molecule has 3 heteroatoms. The molecule has 0 unspecified atom stereocenters. The molecule has 0 aromatic heterocycles. The highest BCUT2D eigenvalue weighted by Gasteiger charge is 2.20. The van der Waals surface area contributed by atoms with Gasteiger partial charge in [-0.2, -0.15) is 0 Å². The van der Waals surface area contributed by atoms with Crippen LogP contribution in [0, 0.1) is 0 Å². The Bertz CT molecular complexity index is 917. The number of para-hydroxylation sites is 1. The van der Waals surface area contributed by atoms with Gasteiger partial charge in [-0.05, 0) is 23.3 Å². The fourth-order valence-corrected chi connectivity index (χ4v) is 4.09. The van der Waals surface area contributed by atoms with Gasteiger partial charge in [0.2, 0.25) is 0 Å². The Labute approximate surface area is 158 Å². The first kappa shape index (κ1) is 16.7. The van der Waals surface area contributed by atoms with E-state index in [0.29, 0.717) is 0 Å². The van der Waals surface area contributed by atoms with E-state index in [4.69, 9.17) is 0 Å². The van der Waals surface area contributed by atoms with Gasteiger partial charge in [-0.3, -0.25) is 4.79 Å². The highest BCUT2D eigenvalue weighted by atomic mass is 32.2. The molecule has 1 saturated heterocycles. The smallest absolute Gasteiger partial charge is 0.188 e. The van der Waals surface area contributed by atoms with Crippen molar-refractivity contribution in [2.45, 2.75) is 0 Å². The van der Waals surface area contributed by atoms with Crippen LogP contribution >= 0.6 is 11.8 Å². The van der Waals surface area contributed by atoms with Crippen LogP contribution in [0.25, 0.3) is 11.1 Å². The Morgan fingerprint density at radius 2 is 1.42 bits per heavy atom. The van der Waals surface area contributed by atoms with Crippen LogP contribution in [0.2, 0.25) is 0 Å². The Kier molecular flexibility index (Phi) is 4.89. The summed E-state index contributed by atoms with van der Waals surface area (Å²) < 4.78 is 0. The molecular weight excluding hydrogens is 338 g/mol. The lowest BCUT2D eigenvalue weighted by molar-refractivity contribution is 0.104. The second kappa shape index (κ2) is 7.63. The third kappa shape index (κ3) is 3.58. The van der Waals surface area contributed by atoms with Crippen LogP contribution in [0.5, 0.6) is 0 Å². The van der Waals surface area contributed by atoms with Crippen LogP contribution in [0.4, 0.5) is 5.69 Å². The summed E-state index contributed by atoms with van der Waals surface area (Å²) in [7, 11) is 0. The minimum atomic E-state index is 0.0509. The number of benzene rings is 3. The number of carbonyl (C=O) groups excluding carboxylic acids is 1. The number of hydrogen-bond donors (Lipinski definition) is 0. The van der Waals surface area contributed by atoms with E-state index >= 15 is 0 Å². The Hall–Kier alpha value is -2.78. The molecule has 0 spiro atoms. The predicted molar refractivity (Wildman–Crippen MR) is 111 cm³/mol. The van der Waals surface area contributed by atoms with Crippen molar-refractivity contribution in [3.05, 3.63) is 102 Å². The molecule has 2 nitrogen and oxygen atoms in total. The number of nitrogens with zero attached hydrogens (tertiary/aromatic N) is 1. The second-order valence-corrected chi connectivity index (χ2v) is 7.24. The van der Waals surface area contributed by atoms with Gasteiger partial charge in [0.15, 0.2) is 5.78 Å². The van der Waals surface area contributed by atoms with Crippen molar-refractivity contribution < 1.29 is 4.79 Å². The maximum atomic E-state index is 12.7. The van der Waals surface area contributed by atoms with E-state index in [9.17, 15) is 4.79 Å². The number of anilines is 1. The molecule has 26 heavy (non-hydrogen) atoms. The van der Waals surface area contributed by atoms with Crippen LogP contribution < -0.4 is 4.90 Å². The Morgan fingerprint density at radius 1 is 0.808 bits per heavy atom. The third-order valence-corrected chi connectivity index (χ3v) is 5.45. The van der Waals surface area contributed by atoms with Crippen molar-refractivity contribution in [2.75, 3.05) is 17.2 Å². The topological polar surface area (TPSA) is 20.3 Å². The summed E-state index contributed by atoms with van der Waals surface area (Å²) >= 11 is 1.73. The summed E-state index contributed by atoms with van der Waals surface area (Å²) in [5, 5.41) is 1.02. The Balaban J connectivity index is 1.55. The fraction of sp³-hybridized carbons (Fsp3) is 0.0870. The minimum Gasteiger partial charge on any atom is -0.335 e. The zero-order valence-corrected chi connectivity index (χ0v) is 15.2. The fourth-order valence-electron chi connectivity index (χ4n) is 3.07. The van der Waals surface area contributed by atoms with Gasteiger partial charge in [-0.25, -0.2) is 0 Å². The first-order chi connectivity index (χ1) is 12.8. The number of allylic oxidation sites excluding steroid dienone is 1. The largest absolute Gasteiger partial charge is 0.335 e. The lowest BCUT2D eigenvalue weighted by atomic mass is 10.0. The molecule has 1 aliphatic heterocycles. The molecule has 0 N–H and O–H groups in total. The minimum absolute atomic E-state index is 0.0509. The highest BCUT2D eigenvalue weighted by molar-refractivity contribution is 8.03. The van der Waals surface area contributed by atoms with Gasteiger partial charge in [-0.1, -0.05) is 72.8 Å². The molecule has 1 heterocycles. The quantitative estimate of drug-likeness (QED) is 0.446. The average Bonchev–Trinajstić information content (AvgIpc) is 3.17. The van der Waals surface area contributed by atoms with E-state index in [1.54, 1.807) is 17.8 Å². The molecule has 0 atom stereocenters. The van der Waals surface area contributed by atoms with Crippen LogP contribution in [0.15, 0.2) is 96.0 Å². The normalized spacial score (nSPS) is 15.4. The molecule has 1 aliphatic rings. The van der Waals surface area contributed by atoms with Crippen LogP contribution in [0.3, 0.4) is 0 Å². The SMILES string of the molecule is O=C(/C=C1\SCCN1c1ccccc1)c1ccc(-c2ccccc2)cc1. The summed E-state index contributed by atoms with van der Waals surface area (Å²) in [6.45, 7) is 0.931. The third-order valence-electron chi connectivity index (χ3n) is 4.43. The lowest BCUT2D eigenvalue weighted by Gasteiger charge is -2.18. The number of thioether (sulfide) groups is 1. The molecule has 0 amide bonds. The maximum absolute atomic E-state index is 12.7. The maximum Gasteiger partial charge on any atom is 0.188 e. The standard InChI is InChI=1S/C23H19NOS/c25-22(17-23-24(15-16-26-23)21-9-5-2-6-10-21)20-13-11-19(12-14-20)18-7-3-1-4-8-18/h1-14,17H,15-16H2/b23-17-. The molecule has 0 radical (unpaired) electrons. The van der Waals surface area contributed by atoms with E-state index in [-0.39, 0.29) is 5.78 Å². The molecule has 0 bridgehead atoms. The van der Waals surface area contributed by atoms with Gasteiger partial charge < -0.3 is 4.90 Å². The molecule has 0 saturated carbocycles. The number of rotatable bonds is 4. The van der Waals surface area contributed by atoms with Gasteiger partial charge in [0.1, 0.15) is 0 Å². The first-order valence-corrected chi connectivity index (χ1v) is 9.67. The number of hydrogen-bond acceptors (Lipinski definition) is 3. The molecule has 3 aromatic carbocycles. The van der Waals surface area contributed by atoms with Crippen LogP contribution in [0.1, 0.15) is 10.4 Å². The molecule has 3 aromatic rings. The van der Waals surface area contributed by atoms with E-state index < -0.39 is 0 Å². The van der Waals surface area contributed by atoms with E-state index in [1.807, 2.05) is 60.7 Å². The van der Waals surface area contributed by atoms with Crippen molar-refractivity contribution in [2.24, 2.45) is 0 Å². The summed E-state index contributed by atoms with van der Waals surface area (Å²) in [4.78, 5) is 14.9. The molecular formula is C23H19NOS. The number of carbonyl (C=O) groups is 1. The zero-order valence-electron chi connectivity index (χ0n) is 14.3. The second-order valence-electron chi connectivity index (χ2n) is 6.13. The summed E-state index contributed by atoms with van der Waals surface area (Å²) in [6.07, 6.45) is 1.77. The summed E-state index contributed by atoms with van der Waals surface area (Å²) in [5.41, 5.74) is 4.14. The van der Waals surface area contributed by atoms with E-state index in [1.165, 1.54) is 0 Å².